The highest BCUT2D eigenvalue weighted by Crippen LogP contribution is 2.24. The molecule has 0 radical (unpaired) electrons. The molecule has 0 aliphatic carbocycles. The van der Waals surface area contributed by atoms with Crippen molar-refractivity contribution in [2.24, 2.45) is 5.10 Å². The van der Waals surface area contributed by atoms with Gasteiger partial charge in [0.15, 0.2) is 5.82 Å². The Hall–Kier alpha value is -3.16. The van der Waals surface area contributed by atoms with Crippen molar-refractivity contribution in [3.63, 3.8) is 0 Å². The smallest absolute Gasteiger partial charge is 0.263 e. The molecule has 0 unspecified atom stereocenters. The number of furan rings is 1. The Balaban J connectivity index is 1.71. The summed E-state index contributed by atoms with van der Waals surface area (Å²) in [4.78, 5) is 0. The van der Waals surface area contributed by atoms with Crippen molar-refractivity contribution in [2.75, 3.05) is 11.3 Å². The van der Waals surface area contributed by atoms with Gasteiger partial charge >= 0.3 is 0 Å². The van der Waals surface area contributed by atoms with Crippen molar-refractivity contribution in [1.82, 2.24) is 14.9 Å². The van der Waals surface area contributed by atoms with Crippen LogP contribution in [0.1, 0.15) is 18.5 Å². The zero-order valence-electron chi connectivity index (χ0n) is 12.4. The number of nitrogens with two attached hydrogens (primary N) is 1. The molecule has 0 spiro atoms. The number of halogens is 1. The molecule has 0 saturated carbocycles. The van der Waals surface area contributed by atoms with Gasteiger partial charge in [0.1, 0.15) is 17.3 Å². The Kier molecular flexibility index (Phi) is 4.05. The van der Waals surface area contributed by atoms with Crippen LogP contribution >= 0.6 is 0 Å². The summed E-state index contributed by atoms with van der Waals surface area (Å²) >= 11 is 0. The van der Waals surface area contributed by atoms with Crippen molar-refractivity contribution >= 4 is 12.2 Å². The van der Waals surface area contributed by atoms with E-state index in [1.165, 1.54) is 17.0 Å². The second-order valence-corrected chi connectivity index (χ2v) is 4.72. The van der Waals surface area contributed by atoms with Gasteiger partial charge in [0.2, 0.25) is 0 Å². The maximum absolute atomic E-state index is 13.7. The fourth-order valence-corrected chi connectivity index (χ4v) is 2.02. The molecule has 1 aromatic carbocycles. The van der Waals surface area contributed by atoms with Crippen LogP contribution in [0.3, 0.4) is 0 Å². The number of hydrogen-bond acceptors (Lipinski definition) is 6. The minimum atomic E-state index is -0.341. The summed E-state index contributed by atoms with van der Waals surface area (Å²) in [7, 11) is 0. The maximum atomic E-state index is 13.7. The molecule has 3 aromatic rings. The Morgan fingerprint density at radius 1 is 1.30 bits per heavy atom. The largest absolute Gasteiger partial charge is 0.455 e. The van der Waals surface area contributed by atoms with Crippen molar-refractivity contribution in [3.8, 4) is 11.3 Å². The molecule has 0 bridgehead atoms. The second-order valence-electron chi connectivity index (χ2n) is 4.72. The number of benzene rings is 1. The lowest BCUT2D eigenvalue weighted by atomic mass is 10.1. The SMILES string of the molecule is CCc1nnc(N/N=C/c2ccc(-c3ccccc3F)o2)n1N. The lowest BCUT2D eigenvalue weighted by molar-refractivity contribution is 0.563. The van der Waals surface area contributed by atoms with Crippen molar-refractivity contribution in [2.45, 2.75) is 13.3 Å². The Bertz CT molecular complexity index is 838. The van der Waals surface area contributed by atoms with Crippen molar-refractivity contribution in [1.29, 1.82) is 0 Å². The lowest BCUT2D eigenvalue weighted by Gasteiger charge is -2.00. The molecule has 0 saturated heterocycles. The van der Waals surface area contributed by atoms with Crippen LogP contribution in [0.4, 0.5) is 10.3 Å². The summed E-state index contributed by atoms with van der Waals surface area (Å²) in [6.07, 6.45) is 2.11. The number of anilines is 1. The predicted molar refractivity (Wildman–Crippen MR) is 84.9 cm³/mol. The van der Waals surface area contributed by atoms with E-state index in [0.29, 0.717) is 35.3 Å². The minimum absolute atomic E-state index is 0.319. The molecule has 0 amide bonds. The van der Waals surface area contributed by atoms with Crippen LogP contribution in [0, 0.1) is 5.82 Å². The number of nitrogen functional groups attached to an aromatic ring is 1. The fourth-order valence-electron chi connectivity index (χ4n) is 2.02. The van der Waals surface area contributed by atoms with Crippen LogP contribution in [0.15, 0.2) is 45.9 Å². The van der Waals surface area contributed by atoms with E-state index in [2.05, 4.69) is 20.7 Å². The Morgan fingerprint density at radius 2 is 2.13 bits per heavy atom. The number of nitrogens with zero attached hydrogens (tertiary/aromatic N) is 4. The minimum Gasteiger partial charge on any atom is -0.455 e. The van der Waals surface area contributed by atoms with Crippen LogP contribution in [0.5, 0.6) is 0 Å². The maximum Gasteiger partial charge on any atom is 0.263 e. The van der Waals surface area contributed by atoms with Crippen LogP contribution in [-0.4, -0.2) is 21.1 Å². The van der Waals surface area contributed by atoms with E-state index in [0.717, 1.165) is 0 Å². The van der Waals surface area contributed by atoms with Crippen molar-refractivity contribution in [3.05, 3.63) is 53.8 Å². The zero-order valence-corrected chi connectivity index (χ0v) is 12.4. The van der Waals surface area contributed by atoms with Crippen LogP contribution in [0.2, 0.25) is 0 Å². The normalized spacial score (nSPS) is 11.2. The van der Waals surface area contributed by atoms with E-state index < -0.39 is 0 Å². The van der Waals surface area contributed by atoms with Gasteiger partial charge in [-0.15, -0.1) is 10.2 Å². The average Bonchev–Trinajstić information content (AvgIpc) is 3.15. The topological polar surface area (TPSA) is 94.3 Å². The molecule has 0 aliphatic rings. The highest BCUT2D eigenvalue weighted by Gasteiger charge is 2.09. The van der Waals surface area contributed by atoms with Gasteiger partial charge < -0.3 is 10.3 Å². The van der Waals surface area contributed by atoms with Gasteiger partial charge in [-0.3, -0.25) is 0 Å². The van der Waals surface area contributed by atoms with Gasteiger partial charge in [0.25, 0.3) is 5.95 Å². The zero-order chi connectivity index (χ0) is 16.2. The molecule has 2 aromatic heterocycles. The first-order chi connectivity index (χ1) is 11.2. The molecular weight excluding hydrogens is 299 g/mol. The van der Waals surface area contributed by atoms with Gasteiger partial charge in [-0.1, -0.05) is 19.1 Å². The Labute approximate surface area is 131 Å². The summed E-state index contributed by atoms with van der Waals surface area (Å²) in [6, 6.07) is 9.78. The van der Waals surface area contributed by atoms with Crippen LogP contribution in [0.25, 0.3) is 11.3 Å². The van der Waals surface area contributed by atoms with E-state index in [4.69, 9.17) is 10.3 Å². The highest BCUT2D eigenvalue weighted by atomic mass is 19.1. The van der Waals surface area contributed by atoms with Gasteiger partial charge in [-0.05, 0) is 24.3 Å². The van der Waals surface area contributed by atoms with Gasteiger partial charge in [0.05, 0.1) is 11.8 Å². The molecule has 8 heteroatoms. The first kappa shape index (κ1) is 14.8. The molecular formula is C15H15FN6O. The summed E-state index contributed by atoms with van der Waals surface area (Å²) in [5.74, 6) is 7.30. The summed E-state index contributed by atoms with van der Waals surface area (Å²) in [5, 5.41) is 11.7. The number of rotatable bonds is 5. The van der Waals surface area contributed by atoms with Gasteiger partial charge in [0, 0.05) is 6.42 Å². The quantitative estimate of drug-likeness (QED) is 0.428. The molecule has 7 nitrogen and oxygen atoms in total. The molecule has 2 heterocycles. The highest BCUT2D eigenvalue weighted by molar-refractivity contribution is 5.78. The summed E-state index contributed by atoms with van der Waals surface area (Å²) in [6.45, 7) is 1.92. The lowest BCUT2D eigenvalue weighted by Crippen LogP contribution is -2.14. The molecule has 3 rings (SSSR count). The van der Waals surface area contributed by atoms with E-state index in [1.54, 1.807) is 30.3 Å². The fraction of sp³-hybridized carbons (Fsp3) is 0.133. The van der Waals surface area contributed by atoms with Crippen LogP contribution in [-0.2, 0) is 6.42 Å². The van der Waals surface area contributed by atoms with E-state index in [9.17, 15) is 4.39 Å². The number of aryl methyl sites for hydroxylation is 1. The monoisotopic (exact) mass is 314 g/mol. The third kappa shape index (κ3) is 3.05. The van der Waals surface area contributed by atoms with E-state index in [1.807, 2.05) is 6.92 Å². The third-order valence-electron chi connectivity index (χ3n) is 3.21. The predicted octanol–water partition coefficient (Wildman–Crippen LogP) is 2.40. The molecule has 3 N–H and O–H groups in total. The first-order valence-corrected chi connectivity index (χ1v) is 7.02. The first-order valence-electron chi connectivity index (χ1n) is 7.02. The second kappa shape index (κ2) is 6.30. The number of hydrogen-bond donors (Lipinski definition) is 2. The molecule has 0 atom stereocenters. The molecule has 23 heavy (non-hydrogen) atoms. The third-order valence-corrected chi connectivity index (χ3v) is 3.21. The standard InChI is InChI=1S/C15H15FN6O/c1-2-14-19-21-15(22(14)17)20-18-9-10-7-8-13(23-10)11-5-3-4-6-12(11)16/h3-9H,2,17H2,1H3,(H,20,21)/b18-9+. The molecule has 0 fully saturated rings. The molecule has 118 valence electrons. The average molecular weight is 314 g/mol. The number of nitrogens with one attached hydrogen (secondary N) is 1. The van der Waals surface area contributed by atoms with E-state index >= 15 is 0 Å². The van der Waals surface area contributed by atoms with Crippen molar-refractivity contribution < 1.29 is 8.81 Å². The summed E-state index contributed by atoms with van der Waals surface area (Å²) in [5.41, 5.74) is 3.07. The van der Waals surface area contributed by atoms with Gasteiger partial charge in [-0.25, -0.2) is 14.5 Å². The molecule has 0 aliphatic heterocycles. The number of aromatic nitrogens is 3. The number of hydrazone groups is 1. The summed E-state index contributed by atoms with van der Waals surface area (Å²) < 4.78 is 20.6. The van der Waals surface area contributed by atoms with E-state index in [-0.39, 0.29) is 5.82 Å². The Morgan fingerprint density at radius 3 is 2.87 bits per heavy atom. The van der Waals surface area contributed by atoms with Gasteiger partial charge in [-0.2, -0.15) is 5.10 Å². The van der Waals surface area contributed by atoms with Crippen LogP contribution < -0.4 is 11.3 Å².